The van der Waals surface area contributed by atoms with Crippen molar-refractivity contribution in [2.75, 3.05) is 5.32 Å². The van der Waals surface area contributed by atoms with E-state index in [0.717, 1.165) is 16.2 Å². The van der Waals surface area contributed by atoms with Crippen LogP contribution in [-0.4, -0.2) is 22.0 Å². The molecular weight excluding hydrogens is 374 g/mol. The van der Waals surface area contributed by atoms with Gasteiger partial charge in [-0.25, -0.2) is 0 Å². The van der Waals surface area contributed by atoms with Crippen molar-refractivity contribution in [1.82, 2.24) is 10.3 Å². The second-order valence-electron chi connectivity index (χ2n) is 6.16. The fraction of sp³-hybridized carbons (Fsp3) is 0.278. The lowest BCUT2D eigenvalue weighted by Crippen LogP contribution is -2.35. The molecule has 2 aromatic rings. The Kier molecular flexibility index (Phi) is 5.38. The number of anilines is 1. The zero-order valence-corrected chi connectivity index (χ0v) is 15.9. The number of aromatic amines is 1. The molecule has 3 N–H and O–H groups in total. The Bertz CT molecular complexity index is 942. The highest BCUT2D eigenvalue weighted by Gasteiger charge is 2.29. The fourth-order valence-corrected chi connectivity index (χ4v) is 4.05. The average molecular weight is 392 g/mol. The van der Waals surface area contributed by atoms with Crippen LogP contribution in [0.25, 0.3) is 0 Å². The van der Waals surface area contributed by atoms with Crippen LogP contribution >= 0.6 is 23.4 Å². The summed E-state index contributed by atoms with van der Waals surface area (Å²) >= 11 is 7.26. The lowest BCUT2D eigenvalue weighted by atomic mass is 10.1. The van der Waals surface area contributed by atoms with Gasteiger partial charge in [-0.3, -0.25) is 14.4 Å². The molecule has 6 nitrogen and oxygen atoms in total. The highest BCUT2D eigenvalue weighted by Crippen LogP contribution is 2.38. The molecule has 26 heavy (non-hydrogen) atoms. The lowest BCUT2D eigenvalue weighted by molar-refractivity contribution is -0.124. The molecule has 0 saturated carbocycles. The van der Waals surface area contributed by atoms with Gasteiger partial charge < -0.3 is 15.6 Å². The molecule has 0 spiro atoms. The van der Waals surface area contributed by atoms with Crippen LogP contribution in [0.3, 0.4) is 0 Å². The van der Waals surface area contributed by atoms with Crippen molar-refractivity contribution in [3.63, 3.8) is 0 Å². The van der Waals surface area contributed by atoms with Gasteiger partial charge in [0.05, 0.1) is 10.9 Å². The number of carbonyl (C=O) groups is 2. The summed E-state index contributed by atoms with van der Waals surface area (Å²) in [4.78, 5) is 40.1. The molecule has 0 fully saturated rings. The summed E-state index contributed by atoms with van der Waals surface area (Å²) in [5.41, 5.74) is 2.56. The summed E-state index contributed by atoms with van der Waals surface area (Å²) < 4.78 is 0. The van der Waals surface area contributed by atoms with E-state index in [9.17, 15) is 14.4 Å². The lowest BCUT2D eigenvalue weighted by Gasteiger charge is -2.23. The van der Waals surface area contributed by atoms with E-state index in [-0.39, 0.29) is 30.3 Å². The minimum Gasteiger partial charge on any atom is -0.352 e. The molecule has 2 amide bonds. The number of H-pyrrole nitrogens is 1. The number of fused-ring (bicyclic) bond motifs is 1. The van der Waals surface area contributed by atoms with Gasteiger partial charge >= 0.3 is 0 Å². The number of thioether (sulfide) groups is 1. The van der Waals surface area contributed by atoms with Gasteiger partial charge in [-0.1, -0.05) is 11.6 Å². The minimum atomic E-state index is -0.527. The topological polar surface area (TPSA) is 91.1 Å². The number of aromatic nitrogens is 1. The van der Waals surface area contributed by atoms with Gasteiger partial charge in [-0.2, -0.15) is 0 Å². The summed E-state index contributed by atoms with van der Waals surface area (Å²) in [5.74, 6) is -0.515. The van der Waals surface area contributed by atoms with E-state index in [1.807, 2.05) is 19.1 Å². The van der Waals surface area contributed by atoms with Crippen LogP contribution in [0, 0.1) is 13.8 Å². The zero-order valence-electron chi connectivity index (χ0n) is 14.3. The van der Waals surface area contributed by atoms with Crippen molar-refractivity contribution < 1.29 is 9.59 Å². The van der Waals surface area contributed by atoms with E-state index in [4.69, 9.17) is 11.6 Å². The van der Waals surface area contributed by atoms with E-state index >= 15 is 0 Å². The van der Waals surface area contributed by atoms with Crippen LogP contribution < -0.4 is 16.2 Å². The molecule has 1 aromatic carbocycles. The van der Waals surface area contributed by atoms with Gasteiger partial charge in [0.15, 0.2) is 0 Å². The molecule has 0 bridgehead atoms. The van der Waals surface area contributed by atoms with Crippen LogP contribution in [0.1, 0.15) is 23.2 Å². The smallest absolute Gasteiger partial charge is 0.253 e. The average Bonchev–Trinajstić information content (AvgIpc) is 2.54. The molecule has 1 aromatic heterocycles. The van der Waals surface area contributed by atoms with Crippen LogP contribution in [0.2, 0.25) is 5.02 Å². The van der Waals surface area contributed by atoms with E-state index < -0.39 is 5.25 Å². The predicted octanol–water partition coefficient (Wildman–Crippen LogP) is 2.76. The number of hydrogen-bond acceptors (Lipinski definition) is 4. The first-order valence-electron chi connectivity index (χ1n) is 8.06. The molecule has 2 heterocycles. The summed E-state index contributed by atoms with van der Waals surface area (Å²) in [7, 11) is 0. The molecule has 3 rings (SSSR count). The van der Waals surface area contributed by atoms with Gasteiger partial charge in [-0.05, 0) is 43.7 Å². The molecule has 1 aliphatic heterocycles. The molecule has 0 aliphatic carbocycles. The number of amides is 2. The van der Waals surface area contributed by atoms with Crippen LogP contribution in [0.15, 0.2) is 34.0 Å². The van der Waals surface area contributed by atoms with E-state index in [1.165, 1.54) is 11.8 Å². The van der Waals surface area contributed by atoms with Gasteiger partial charge in [0.2, 0.25) is 11.8 Å². The van der Waals surface area contributed by atoms with Crippen molar-refractivity contribution in [1.29, 1.82) is 0 Å². The highest BCUT2D eigenvalue weighted by atomic mass is 35.5. The Hall–Kier alpha value is -2.25. The maximum atomic E-state index is 12.2. The first-order valence-corrected chi connectivity index (χ1v) is 9.32. The standard InChI is InChI=1S/C18H18ClN3O3S/c1-9-5-10(2)21-17(24)12(9)8-20-16(23)7-15-18(25)22-13-6-11(19)3-4-14(13)26-15/h3-6,15H,7-8H2,1-2H3,(H,20,23)(H,21,24)(H,22,25). The Morgan fingerprint density at radius 3 is 2.77 bits per heavy atom. The number of nitrogens with one attached hydrogen (secondary N) is 3. The fourth-order valence-electron chi connectivity index (χ4n) is 2.79. The van der Waals surface area contributed by atoms with Crippen molar-refractivity contribution in [3.8, 4) is 0 Å². The number of benzene rings is 1. The number of pyridine rings is 1. The molecule has 8 heteroatoms. The number of hydrogen-bond donors (Lipinski definition) is 3. The first kappa shape index (κ1) is 18.5. The van der Waals surface area contributed by atoms with Crippen LogP contribution in [0.5, 0.6) is 0 Å². The van der Waals surface area contributed by atoms with Crippen LogP contribution in [0.4, 0.5) is 5.69 Å². The Morgan fingerprint density at radius 2 is 2.04 bits per heavy atom. The van der Waals surface area contributed by atoms with Crippen LogP contribution in [-0.2, 0) is 16.1 Å². The molecular formula is C18H18ClN3O3S. The quantitative estimate of drug-likeness (QED) is 0.747. The van der Waals surface area contributed by atoms with Gasteiger partial charge in [0.25, 0.3) is 5.56 Å². The van der Waals surface area contributed by atoms with E-state index in [1.54, 1.807) is 19.1 Å². The van der Waals surface area contributed by atoms with Gasteiger partial charge in [0.1, 0.15) is 0 Å². The largest absolute Gasteiger partial charge is 0.352 e. The normalized spacial score (nSPS) is 16.0. The number of carbonyl (C=O) groups excluding carboxylic acids is 2. The second-order valence-corrected chi connectivity index (χ2v) is 7.84. The third kappa shape index (κ3) is 4.11. The predicted molar refractivity (Wildman–Crippen MR) is 103 cm³/mol. The Labute approximate surface area is 159 Å². The maximum Gasteiger partial charge on any atom is 0.253 e. The third-order valence-corrected chi connectivity index (χ3v) is 5.60. The minimum absolute atomic E-state index is 0.0291. The summed E-state index contributed by atoms with van der Waals surface area (Å²) in [5, 5.41) is 5.52. The zero-order chi connectivity index (χ0) is 18.8. The number of halogens is 1. The molecule has 1 unspecified atom stereocenters. The highest BCUT2D eigenvalue weighted by molar-refractivity contribution is 8.01. The number of aryl methyl sites for hydroxylation is 2. The van der Waals surface area contributed by atoms with Crippen molar-refractivity contribution in [2.24, 2.45) is 0 Å². The van der Waals surface area contributed by atoms with Gasteiger partial charge in [-0.15, -0.1) is 11.8 Å². The summed E-state index contributed by atoms with van der Waals surface area (Å²) in [6, 6.07) is 7.11. The number of rotatable bonds is 4. The third-order valence-electron chi connectivity index (χ3n) is 4.09. The molecule has 1 aliphatic rings. The first-order chi connectivity index (χ1) is 12.3. The van der Waals surface area contributed by atoms with E-state index in [2.05, 4.69) is 15.6 Å². The molecule has 136 valence electrons. The summed E-state index contributed by atoms with van der Waals surface area (Å²) in [6.07, 6.45) is 0.0291. The van der Waals surface area contributed by atoms with E-state index in [0.29, 0.717) is 16.3 Å². The SMILES string of the molecule is Cc1cc(C)c(CNC(=O)CC2Sc3ccc(Cl)cc3NC2=O)c(=O)[nH]1. The second kappa shape index (κ2) is 7.55. The molecule has 0 saturated heterocycles. The Morgan fingerprint density at radius 1 is 1.27 bits per heavy atom. The molecule has 1 atom stereocenters. The van der Waals surface area contributed by atoms with Crippen molar-refractivity contribution >= 4 is 40.9 Å². The maximum absolute atomic E-state index is 12.2. The molecule has 0 radical (unpaired) electrons. The monoisotopic (exact) mass is 391 g/mol. The van der Waals surface area contributed by atoms with Crippen molar-refractivity contribution in [3.05, 3.63) is 56.5 Å². The van der Waals surface area contributed by atoms with Gasteiger partial charge in [0, 0.05) is 34.1 Å². The summed E-state index contributed by atoms with van der Waals surface area (Å²) in [6.45, 7) is 3.77. The van der Waals surface area contributed by atoms with Crippen molar-refractivity contribution in [2.45, 2.75) is 37.0 Å². The Balaban J connectivity index is 1.63.